The van der Waals surface area contributed by atoms with E-state index in [4.69, 9.17) is 5.11 Å². The van der Waals surface area contributed by atoms with Gasteiger partial charge in [-0.25, -0.2) is 4.79 Å². The third-order valence-corrected chi connectivity index (χ3v) is 3.96. The number of carbonyl (C=O) groups excluding carboxylic acids is 1. The zero-order chi connectivity index (χ0) is 16.4. The van der Waals surface area contributed by atoms with Crippen LogP contribution in [0.4, 0.5) is 13.2 Å². The molecule has 1 aliphatic carbocycles. The van der Waals surface area contributed by atoms with Crippen LogP contribution in [0.5, 0.6) is 0 Å². The summed E-state index contributed by atoms with van der Waals surface area (Å²) in [4.78, 5) is 23.2. The maximum Gasteiger partial charge on any atom is 0.391 e. The molecule has 122 valence electrons. The monoisotopic (exact) mass is 309 g/mol. The first kappa shape index (κ1) is 17.8. The molecular weight excluding hydrogens is 287 g/mol. The van der Waals surface area contributed by atoms with Crippen molar-refractivity contribution in [3.05, 3.63) is 0 Å². The number of halogens is 3. The molecule has 21 heavy (non-hydrogen) atoms. The van der Waals surface area contributed by atoms with Crippen molar-refractivity contribution in [3.63, 3.8) is 0 Å². The molecule has 1 amide bonds. The molecule has 1 saturated carbocycles. The molecule has 7 heteroatoms. The molecular formula is C14H22F3NO3. The van der Waals surface area contributed by atoms with E-state index in [1.165, 1.54) is 0 Å². The van der Waals surface area contributed by atoms with Gasteiger partial charge in [-0.2, -0.15) is 13.2 Å². The quantitative estimate of drug-likeness (QED) is 0.842. The number of carboxylic acid groups (broad SMARTS) is 1. The van der Waals surface area contributed by atoms with Crippen molar-refractivity contribution in [1.82, 2.24) is 5.32 Å². The summed E-state index contributed by atoms with van der Waals surface area (Å²) in [5.74, 6) is -3.48. The van der Waals surface area contributed by atoms with Crippen molar-refractivity contribution in [2.45, 2.75) is 58.7 Å². The van der Waals surface area contributed by atoms with Crippen LogP contribution >= 0.6 is 0 Å². The van der Waals surface area contributed by atoms with Crippen LogP contribution in [0.3, 0.4) is 0 Å². The zero-order valence-corrected chi connectivity index (χ0v) is 12.5. The minimum absolute atomic E-state index is 0.0746. The Kier molecular flexibility index (Phi) is 5.28. The highest BCUT2D eigenvalue weighted by molar-refractivity contribution is 5.85. The predicted octanol–water partition coefficient (Wildman–Crippen LogP) is 2.97. The Morgan fingerprint density at radius 1 is 1.10 bits per heavy atom. The molecule has 4 nitrogen and oxygen atoms in total. The number of alkyl halides is 3. The molecule has 1 atom stereocenters. The molecule has 0 aliphatic heterocycles. The number of hydrogen-bond donors (Lipinski definition) is 2. The number of carbonyl (C=O) groups is 2. The van der Waals surface area contributed by atoms with Gasteiger partial charge in [-0.3, -0.25) is 4.79 Å². The third kappa shape index (κ3) is 4.89. The SMILES string of the molecule is CC(C)(C)[C@@H](NC(=O)C1CCC(C(F)(F)F)CC1)C(=O)O. The highest BCUT2D eigenvalue weighted by Crippen LogP contribution is 2.39. The van der Waals surface area contributed by atoms with Crippen molar-refractivity contribution in [1.29, 1.82) is 0 Å². The summed E-state index contributed by atoms with van der Waals surface area (Å²) >= 11 is 0. The summed E-state index contributed by atoms with van der Waals surface area (Å²) in [6, 6.07) is -1.05. The van der Waals surface area contributed by atoms with E-state index in [0.29, 0.717) is 0 Å². The molecule has 0 spiro atoms. The molecule has 1 fully saturated rings. The Morgan fingerprint density at radius 3 is 1.90 bits per heavy atom. The first-order valence-electron chi connectivity index (χ1n) is 7.03. The number of carboxylic acids is 1. The van der Waals surface area contributed by atoms with Crippen molar-refractivity contribution < 1.29 is 27.9 Å². The fourth-order valence-electron chi connectivity index (χ4n) is 2.59. The van der Waals surface area contributed by atoms with E-state index in [1.807, 2.05) is 0 Å². The lowest BCUT2D eigenvalue weighted by molar-refractivity contribution is -0.184. The Hall–Kier alpha value is -1.27. The predicted molar refractivity (Wildman–Crippen MR) is 70.5 cm³/mol. The Balaban J connectivity index is 2.60. The lowest BCUT2D eigenvalue weighted by Gasteiger charge is -2.32. The topological polar surface area (TPSA) is 66.4 Å². The largest absolute Gasteiger partial charge is 0.480 e. The van der Waals surface area contributed by atoms with E-state index in [-0.39, 0.29) is 25.7 Å². The lowest BCUT2D eigenvalue weighted by atomic mass is 9.80. The minimum atomic E-state index is -4.21. The summed E-state index contributed by atoms with van der Waals surface area (Å²) < 4.78 is 37.7. The lowest BCUT2D eigenvalue weighted by Crippen LogP contribution is -2.51. The van der Waals surface area contributed by atoms with Gasteiger partial charge in [0.2, 0.25) is 5.91 Å². The number of rotatable bonds is 3. The van der Waals surface area contributed by atoms with Crippen LogP contribution in [0.15, 0.2) is 0 Å². The van der Waals surface area contributed by atoms with Gasteiger partial charge in [0.1, 0.15) is 6.04 Å². The molecule has 0 saturated heterocycles. The van der Waals surface area contributed by atoms with Crippen molar-refractivity contribution in [3.8, 4) is 0 Å². The molecule has 2 N–H and O–H groups in total. The van der Waals surface area contributed by atoms with Crippen LogP contribution < -0.4 is 5.32 Å². The molecule has 1 rings (SSSR count). The second kappa shape index (κ2) is 6.23. The average molecular weight is 309 g/mol. The van der Waals surface area contributed by atoms with Gasteiger partial charge < -0.3 is 10.4 Å². The van der Waals surface area contributed by atoms with Gasteiger partial charge in [0.25, 0.3) is 0 Å². The van der Waals surface area contributed by atoms with E-state index >= 15 is 0 Å². The third-order valence-electron chi connectivity index (χ3n) is 3.96. The second-order valence-electron chi connectivity index (χ2n) is 6.74. The van der Waals surface area contributed by atoms with Crippen LogP contribution in [0, 0.1) is 17.3 Å². The number of aliphatic carboxylic acids is 1. The summed E-state index contributed by atoms with van der Waals surface area (Å²) in [5, 5.41) is 11.6. The Bertz CT molecular complexity index is 393. The molecule has 0 bridgehead atoms. The van der Waals surface area contributed by atoms with Crippen molar-refractivity contribution in [2.75, 3.05) is 0 Å². The van der Waals surface area contributed by atoms with Crippen molar-refractivity contribution in [2.24, 2.45) is 17.3 Å². The van der Waals surface area contributed by atoms with Gasteiger partial charge in [0.15, 0.2) is 0 Å². The van der Waals surface area contributed by atoms with Crippen LogP contribution in [0.2, 0.25) is 0 Å². The standard InChI is InChI=1S/C14H22F3NO3/c1-13(2,3)10(12(20)21)18-11(19)8-4-6-9(7-5-8)14(15,16)17/h8-10H,4-7H2,1-3H3,(H,18,19)(H,20,21)/t8?,9?,10-/m0/s1. The van der Waals surface area contributed by atoms with Gasteiger partial charge in [0.05, 0.1) is 5.92 Å². The normalized spacial score (nSPS) is 25.2. The van der Waals surface area contributed by atoms with E-state index in [0.717, 1.165) is 0 Å². The van der Waals surface area contributed by atoms with Crippen LogP contribution in [-0.2, 0) is 9.59 Å². The molecule has 1 aliphatic rings. The van der Waals surface area contributed by atoms with Gasteiger partial charge in [0, 0.05) is 5.92 Å². The fraction of sp³-hybridized carbons (Fsp3) is 0.857. The van der Waals surface area contributed by atoms with E-state index in [1.54, 1.807) is 20.8 Å². The molecule has 0 aromatic heterocycles. The van der Waals surface area contributed by atoms with Gasteiger partial charge >= 0.3 is 12.1 Å². The molecule has 0 heterocycles. The van der Waals surface area contributed by atoms with Gasteiger partial charge in [-0.15, -0.1) is 0 Å². The van der Waals surface area contributed by atoms with E-state index in [9.17, 15) is 22.8 Å². The number of amides is 1. The minimum Gasteiger partial charge on any atom is -0.480 e. The van der Waals surface area contributed by atoms with E-state index in [2.05, 4.69) is 5.32 Å². The summed E-state index contributed by atoms with van der Waals surface area (Å²) in [6.45, 7) is 5.06. The molecule has 0 aromatic carbocycles. The van der Waals surface area contributed by atoms with Crippen LogP contribution in [0.1, 0.15) is 46.5 Å². The zero-order valence-electron chi connectivity index (χ0n) is 12.5. The summed E-state index contributed by atoms with van der Waals surface area (Å²) in [6.07, 6.45) is -4.07. The summed E-state index contributed by atoms with van der Waals surface area (Å²) in [7, 11) is 0. The Morgan fingerprint density at radius 2 is 1.57 bits per heavy atom. The number of nitrogens with one attached hydrogen (secondary N) is 1. The first-order valence-corrected chi connectivity index (χ1v) is 7.03. The smallest absolute Gasteiger partial charge is 0.391 e. The maximum absolute atomic E-state index is 12.6. The number of hydrogen-bond acceptors (Lipinski definition) is 2. The highest BCUT2D eigenvalue weighted by Gasteiger charge is 2.43. The molecule has 0 radical (unpaired) electrons. The van der Waals surface area contributed by atoms with Crippen LogP contribution in [0.25, 0.3) is 0 Å². The Labute approximate surface area is 122 Å². The second-order valence-corrected chi connectivity index (χ2v) is 6.74. The average Bonchev–Trinajstić information content (AvgIpc) is 2.33. The summed E-state index contributed by atoms with van der Waals surface area (Å²) in [5.41, 5.74) is -0.662. The highest BCUT2D eigenvalue weighted by atomic mass is 19.4. The molecule has 0 unspecified atom stereocenters. The van der Waals surface area contributed by atoms with Crippen LogP contribution in [-0.4, -0.2) is 29.2 Å². The first-order chi connectivity index (χ1) is 9.43. The molecule has 0 aromatic rings. The maximum atomic E-state index is 12.6. The fourth-order valence-corrected chi connectivity index (χ4v) is 2.59. The van der Waals surface area contributed by atoms with Gasteiger partial charge in [-0.05, 0) is 31.1 Å². The van der Waals surface area contributed by atoms with E-state index < -0.39 is 41.3 Å². The van der Waals surface area contributed by atoms with Gasteiger partial charge in [-0.1, -0.05) is 20.8 Å². The van der Waals surface area contributed by atoms with Crippen molar-refractivity contribution >= 4 is 11.9 Å².